The van der Waals surface area contributed by atoms with Crippen molar-refractivity contribution in [2.75, 3.05) is 5.32 Å². The summed E-state index contributed by atoms with van der Waals surface area (Å²) in [5, 5.41) is 3.40. The largest absolute Gasteiger partial charge is 0.381 e. The summed E-state index contributed by atoms with van der Waals surface area (Å²) in [5.74, 6) is 0. The van der Waals surface area contributed by atoms with E-state index in [2.05, 4.69) is 47.6 Å². The highest BCUT2D eigenvalue weighted by atomic mass is 14.9. The highest BCUT2D eigenvalue weighted by Crippen LogP contribution is 2.12. The number of hydrogen-bond acceptors (Lipinski definition) is 1. The molecule has 2 aromatic rings. The number of aromatic amines is 1. The Balaban J connectivity index is 1.98. The van der Waals surface area contributed by atoms with E-state index in [1.54, 1.807) is 0 Å². The van der Waals surface area contributed by atoms with Crippen LogP contribution in [-0.4, -0.2) is 4.98 Å². The van der Waals surface area contributed by atoms with E-state index in [0.29, 0.717) is 0 Å². The van der Waals surface area contributed by atoms with Gasteiger partial charge in [0.2, 0.25) is 0 Å². The molecule has 0 aliphatic heterocycles. The van der Waals surface area contributed by atoms with Crippen LogP contribution in [0.1, 0.15) is 18.1 Å². The van der Waals surface area contributed by atoms with E-state index >= 15 is 0 Å². The van der Waals surface area contributed by atoms with Crippen LogP contribution < -0.4 is 5.32 Å². The summed E-state index contributed by atoms with van der Waals surface area (Å²) in [5.41, 5.74) is 3.83. The number of hydrogen-bond donors (Lipinski definition) is 2. The molecule has 0 aliphatic carbocycles. The molecule has 0 atom stereocenters. The molecule has 2 rings (SSSR count). The number of aryl methyl sites for hydroxylation is 1. The molecular weight excluding hydrogens is 184 g/mol. The van der Waals surface area contributed by atoms with E-state index in [1.165, 1.54) is 16.8 Å². The van der Waals surface area contributed by atoms with Crippen molar-refractivity contribution < 1.29 is 0 Å². The van der Waals surface area contributed by atoms with Gasteiger partial charge in [-0.15, -0.1) is 0 Å². The van der Waals surface area contributed by atoms with Gasteiger partial charge in [-0.05, 0) is 35.7 Å². The SMILES string of the molecule is CCc1cccc(NCc2cc[nH]c2)c1. The van der Waals surface area contributed by atoms with Gasteiger partial charge in [-0.25, -0.2) is 0 Å². The maximum absolute atomic E-state index is 3.40. The summed E-state index contributed by atoms with van der Waals surface area (Å²) in [6.07, 6.45) is 5.04. The van der Waals surface area contributed by atoms with Crippen molar-refractivity contribution in [3.8, 4) is 0 Å². The van der Waals surface area contributed by atoms with Crippen molar-refractivity contribution in [2.24, 2.45) is 0 Å². The lowest BCUT2D eigenvalue weighted by Gasteiger charge is -2.06. The lowest BCUT2D eigenvalue weighted by Crippen LogP contribution is -1.98. The molecule has 0 bridgehead atoms. The van der Waals surface area contributed by atoms with Crippen LogP contribution in [0.5, 0.6) is 0 Å². The molecule has 2 heteroatoms. The summed E-state index contributed by atoms with van der Waals surface area (Å²) in [4.78, 5) is 3.05. The normalized spacial score (nSPS) is 10.2. The molecule has 0 fully saturated rings. The van der Waals surface area contributed by atoms with Crippen LogP contribution >= 0.6 is 0 Å². The molecular formula is C13H16N2. The van der Waals surface area contributed by atoms with Crippen LogP contribution in [0.4, 0.5) is 5.69 Å². The van der Waals surface area contributed by atoms with Gasteiger partial charge < -0.3 is 10.3 Å². The zero-order valence-corrected chi connectivity index (χ0v) is 8.96. The predicted molar refractivity (Wildman–Crippen MR) is 63.9 cm³/mol. The Hall–Kier alpha value is -1.70. The third kappa shape index (κ3) is 2.62. The van der Waals surface area contributed by atoms with Crippen LogP contribution in [-0.2, 0) is 13.0 Å². The standard InChI is InChI=1S/C13H16N2/c1-2-11-4-3-5-13(8-11)15-10-12-6-7-14-9-12/h3-9,14-15H,2,10H2,1H3. The van der Waals surface area contributed by atoms with Gasteiger partial charge >= 0.3 is 0 Å². The Morgan fingerprint density at radius 1 is 1.20 bits per heavy atom. The number of nitrogens with one attached hydrogen (secondary N) is 2. The number of H-pyrrole nitrogens is 1. The summed E-state index contributed by atoms with van der Waals surface area (Å²) < 4.78 is 0. The minimum atomic E-state index is 0.872. The minimum absolute atomic E-state index is 0.872. The highest BCUT2D eigenvalue weighted by Gasteiger charge is 1.95. The Bertz CT molecular complexity index is 404. The molecule has 0 amide bonds. The van der Waals surface area contributed by atoms with E-state index < -0.39 is 0 Å². The van der Waals surface area contributed by atoms with Crippen LogP contribution in [0.25, 0.3) is 0 Å². The second kappa shape index (κ2) is 4.69. The van der Waals surface area contributed by atoms with Gasteiger partial charge in [-0.3, -0.25) is 0 Å². The van der Waals surface area contributed by atoms with Gasteiger partial charge in [0.25, 0.3) is 0 Å². The topological polar surface area (TPSA) is 27.8 Å². The second-order valence-corrected chi connectivity index (χ2v) is 3.63. The highest BCUT2D eigenvalue weighted by molar-refractivity contribution is 5.46. The molecule has 1 aromatic carbocycles. The molecule has 15 heavy (non-hydrogen) atoms. The molecule has 2 nitrogen and oxygen atoms in total. The van der Waals surface area contributed by atoms with Gasteiger partial charge in [0.1, 0.15) is 0 Å². The first kappa shape index (κ1) is 9.84. The Morgan fingerprint density at radius 3 is 2.87 bits per heavy atom. The van der Waals surface area contributed by atoms with Crippen molar-refractivity contribution in [3.05, 3.63) is 53.9 Å². The first-order chi connectivity index (χ1) is 7.38. The number of rotatable bonds is 4. The molecule has 0 radical (unpaired) electrons. The maximum atomic E-state index is 3.40. The average Bonchev–Trinajstić information content (AvgIpc) is 2.79. The Kier molecular flexibility index (Phi) is 3.08. The zero-order chi connectivity index (χ0) is 10.5. The van der Waals surface area contributed by atoms with Gasteiger partial charge in [0.05, 0.1) is 0 Å². The van der Waals surface area contributed by atoms with E-state index in [0.717, 1.165) is 13.0 Å². The predicted octanol–water partition coefficient (Wildman–Crippen LogP) is 3.19. The third-order valence-corrected chi connectivity index (χ3v) is 2.49. The molecule has 0 spiro atoms. The Morgan fingerprint density at radius 2 is 2.13 bits per heavy atom. The lowest BCUT2D eigenvalue weighted by molar-refractivity contribution is 1.12. The zero-order valence-electron chi connectivity index (χ0n) is 8.96. The molecule has 2 N–H and O–H groups in total. The first-order valence-corrected chi connectivity index (χ1v) is 5.33. The fourth-order valence-electron chi connectivity index (χ4n) is 1.57. The average molecular weight is 200 g/mol. The monoisotopic (exact) mass is 200 g/mol. The number of aromatic nitrogens is 1. The van der Waals surface area contributed by atoms with Crippen molar-refractivity contribution in [3.63, 3.8) is 0 Å². The molecule has 0 unspecified atom stereocenters. The minimum Gasteiger partial charge on any atom is -0.381 e. The molecule has 1 aromatic heterocycles. The molecule has 0 aliphatic rings. The van der Waals surface area contributed by atoms with Crippen molar-refractivity contribution in [1.29, 1.82) is 0 Å². The van der Waals surface area contributed by atoms with Crippen LogP contribution in [0.15, 0.2) is 42.7 Å². The van der Waals surface area contributed by atoms with Gasteiger partial charge in [-0.2, -0.15) is 0 Å². The molecule has 78 valence electrons. The Labute approximate surface area is 90.3 Å². The van der Waals surface area contributed by atoms with Crippen molar-refractivity contribution in [1.82, 2.24) is 4.98 Å². The van der Waals surface area contributed by atoms with Gasteiger partial charge in [-0.1, -0.05) is 19.1 Å². The van der Waals surface area contributed by atoms with Gasteiger partial charge in [0, 0.05) is 24.6 Å². The van der Waals surface area contributed by atoms with E-state index in [4.69, 9.17) is 0 Å². The summed E-state index contributed by atoms with van der Waals surface area (Å²) in [6.45, 7) is 3.04. The summed E-state index contributed by atoms with van der Waals surface area (Å²) in [7, 11) is 0. The van der Waals surface area contributed by atoms with E-state index in [9.17, 15) is 0 Å². The van der Waals surface area contributed by atoms with Gasteiger partial charge in [0.15, 0.2) is 0 Å². The quantitative estimate of drug-likeness (QED) is 0.779. The van der Waals surface area contributed by atoms with E-state index in [-0.39, 0.29) is 0 Å². The number of benzene rings is 1. The fraction of sp³-hybridized carbons (Fsp3) is 0.231. The number of anilines is 1. The van der Waals surface area contributed by atoms with E-state index in [1.807, 2.05) is 12.4 Å². The van der Waals surface area contributed by atoms with Crippen LogP contribution in [0.3, 0.4) is 0 Å². The van der Waals surface area contributed by atoms with Crippen LogP contribution in [0.2, 0.25) is 0 Å². The van der Waals surface area contributed by atoms with Crippen molar-refractivity contribution >= 4 is 5.69 Å². The summed E-state index contributed by atoms with van der Waals surface area (Å²) in [6, 6.07) is 10.6. The fourth-order valence-corrected chi connectivity index (χ4v) is 1.57. The summed E-state index contributed by atoms with van der Waals surface area (Å²) >= 11 is 0. The van der Waals surface area contributed by atoms with Crippen LogP contribution in [0, 0.1) is 0 Å². The second-order valence-electron chi connectivity index (χ2n) is 3.63. The maximum Gasteiger partial charge on any atom is 0.0415 e. The first-order valence-electron chi connectivity index (χ1n) is 5.33. The lowest BCUT2D eigenvalue weighted by atomic mass is 10.1. The molecule has 0 saturated carbocycles. The third-order valence-electron chi connectivity index (χ3n) is 2.49. The smallest absolute Gasteiger partial charge is 0.0415 e. The molecule has 1 heterocycles. The molecule has 0 saturated heterocycles. The van der Waals surface area contributed by atoms with Crippen molar-refractivity contribution in [2.45, 2.75) is 19.9 Å².